The smallest absolute Gasteiger partial charge is 0.233 e. The van der Waals surface area contributed by atoms with E-state index < -0.39 is 0 Å². The van der Waals surface area contributed by atoms with E-state index in [1.807, 2.05) is 30.3 Å². The number of rotatable bonds is 2. The molecule has 1 aliphatic heterocycles. The van der Waals surface area contributed by atoms with Gasteiger partial charge in [0.25, 0.3) is 0 Å². The van der Waals surface area contributed by atoms with Crippen molar-refractivity contribution >= 4 is 11.8 Å². The van der Waals surface area contributed by atoms with Crippen LogP contribution >= 0.6 is 0 Å². The number of hydrogen-bond donors (Lipinski definition) is 0. The number of carbonyl (C=O) groups is 2. The molecule has 0 unspecified atom stereocenters. The lowest BCUT2D eigenvalue weighted by atomic mass is 10.1. The van der Waals surface area contributed by atoms with Crippen molar-refractivity contribution in [3.63, 3.8) is 0 Å². The van der Waals surface area contributed by atoms with Crippen molar-refractivity contribution in [1.82, 2.24) is 4.90 Å². The third kappa shape index (κ3) is 2.24. The van der Waals surface area contributed by atoms with Gasteiger partial charge in [-0.05, 0) is 12.0 Å². The third-order valence-corrected chi connectivity index (χ3v) is 2.57. The van der Waals surface area contributed by atoms with Gasteiger partial charge in [0.2, 0.25) is 11.8 Å². The lowest BCUT2D eigenvalue weighted by Crippen LogP contribution is -2.33. The van der Waals surface area contributed by atoms with E-state index in [-0.39, 0.29) is 11.8 Å². The van der Waals surface area contributed by atoms with Crippen LogP contribution in [0.1, 0.15) is 18.4 Å². The van der Waals surface area contributed by atoms with E-state index in [9.17, 15) is 9.59 Å². The van der Waals surface area contributed by atoms with Crippen molar-refractivity contribution < 1.29 is 9.59 Å². The molecule has 0 N–H and O–H groups in total. The van der Waals surface area contributed by atoms with Gasteiger partial charge in [-0.3, -0.25) is 14.5 Å². The Bertz CT molecular complexity index is 372. The molecule has 2 amide bonds. The van der Waals surface area contributed by atoms with Gasteiger partial charge < -0.3 is 0 Å². The number of imide groups is 1. The Balaban J connectivity index is 2.01. The zero-order chi connectivity index (χ0) is 10.7. The number of nitrogens with zero attached hydrogens (tertiary/aromatic N) is 1. The summed E-state index contributed by atoms with van der Waals surface area (Å²) < 4.78 is 0. The van der Waals surface area contributed by atoms with Crippen molar-refractivity contribution in [2.75, 3.05) is 6.54 Å². The van der Waals surface area contributed by atoms with Crippen LogP contribution in [0, 0.1) is 0 Å². The highest BCUT2D eigenvalue weighted by atomic mass is 16.2. The molecule has 3 heteroatoms. The molecule has 1 aromatic rings. The summed E-state index contributed by atoms with van der Waals surface area (Å²) in [6, 6.07) is 9.51. The standard InChI is InChI=1S/C12H13NO2/c14-11-7-4-8-13(11)12(15)9-10-5-2-1-3-6-10/h1-3,5-6H,4,7-9H2. The molecule has 3 nitrogen and oxygen atoms in total. The first kappa shape index (κ1) is 9.90. The third-order valence-electron chi connectivity index (χ3n) is 2.57. The zero-order valence-electron chi connectivity index (χ0n) is 8.48. The Morgan fingerprint density at radius 1 is 1.27 bits per heavy atom. The van der Waals surface area contributed by atoms with Crippen LogP contribution in [0.3, 0.4) is 0 Å². The number of benzene rings is 1. The number of amides is 2. The Hall–Kier alpha value is -1.64. The van der Waals surface area contributed by atoms with Crippen LogP contribution < -0.4 is 0 Å². The highest BCUT2D eigenvalue weighted by Crippen LogP contribution is 2.12. The van der Waals surface area contributed by atoms with E-state index in [1.54, 1.807) is 0 Å². The lowest BCUT2D eigenvalue weighted by Gasteiger charge is -2.12. The zero-order valence-corrected chi connectivity index (χ0v) is 8.48. The maximum Gasteiger partial charge on any atom is 0.233 e. The second-order valence-corrected chi connectivity index (χ2v) is 3.71. The molecule has 0 spiro atoms. The molecular formula is C12H13NO2. The minimum Gasteiger partial charge on any atom is -0.282 e. The van der Waals surface area contributed by atoms with E-state index in [0.29, 0.717) is 19.4 Å². The van der Waals surface area contributed by atoms with Crippen molar-refractivity contribution in [3.8, 4) is 0 Å². The molecule has 78 valence electrons. The van der Waals surface area contributed by atoms with Gasteiger partial charge in [0.05, 0.1) is 6.42 Å². The van der Waals surface area contributed by atoms with Crippen LogP contribution in [-0.4, -0.2) is 23.3 Å². The molecule has 0 atom stereocenters. The first-order valence-corrected chi connectivity index (χ1v) is 5.14. The van der Waals surface area contributed by atoms with Crippen LogP contribution in [-0.2, 0) is 16.0 Å². The van der Waals surface area contributed by atoms with Gasteiger partial charge in [-0.25, -0.2) is 0 Å². The largest absolute Gasteiger partial charge is 0.282 e. The van der Waals surface area contributed by atoms with E-state index in [1.165, 1.54) is 4.90 Å². The average Bonchev–Trinajstić information content (AvgIpc) is 2.66. The number of likely N-dealkylation sites (tertiary alicyclic amines) is 1. The maximum absolute atomic E-state index is 11.7. The molecule has 1 fully saturated rings. The van der Waals surface area contributed by atoms with E-state index in [2.05, 4.69) is 0 Å². The fraction of sp³-hybridized carbons (Fsp3) is 0.333. The second-order valence-electron chi connectivity index (χ2n) is 3.71. The summed E-state index contributed by atoms with van der Waals surface area (Å²) in [6.07, 6.45) is 1.65. The van der Waals surface area contributed by atoms with Gasteiger partial charge >= 0.3 is 0 Å². The Kier molecular flexibility index (Phi) is 2.81. The quantitative estimate of drug-likeness (QED) is 0.728. The van der Waals surface area contributed by atoms with Crippen LogP contribution in [0.2, 0.25) is 0 Å². The summed E-state index contributed by atoms with van der Waals surface area (Å²) in [7, 11) is 0. The highest BCUT2D eigenvalue weighted by molar-refractivity contribution is 5.97. The molecule has 0 aromatic heterocycles. The van der Waals surface area contributed by atoms with Crippen molar-refractivity contribution in [2.24, 2.45) is 0 Å². The van der Waals surface area contributed by atoms with Gasteiger partial charge in [-0.1, -0.05) is 30.3 Å². The molecule has 0 aliphatic carbocycles. The van der Waals surface area contributed by atoms with Crippen LogP contribution in [0.15, 0.2) is 30.3 Å². The summed E-state index contributed by atoms with van der Waals surface area (Å²) in [6.45, 7) is 0.588. The molecule has 1 aromatic carbocycles. The van der Waals surface area contributed by atoms with Gasteiger partial charge in [0.1, 0.15) is 0 Å². The second kappa shape index (κ2) is 4.26. The Labute approximate surface area is 88.7 Å². The summed E-state index contributed by atoms with van der Waals surface area (Å²) >= 11 is 0. The Morgan fingerprint density at radius 2 is 2.00 bits per heavy atom. The molecule has 1 saturated heterocycles. The SMILES string of the molecule is O=C1CCCN1C(=O)Cc1ccccc1. The predicted octanol–water partition coefficient (Wildman–Crippen LogP) is 1.38. The first-order chi connectivity index (χ1) is 7.27. The van der Waals surface area contributed by atoms with Gasteiger partial charge in [-0.2, -0.15) is 0 Å². The Morgan fingerprint density at radius 3 is 2.60 bits per heavy atom. The van der Waals surface area contributed by atoms with Crippen molar-refractivity contribution in [3.05, 3.63) is 35.9 Å². The molecule has 2 rings (SSSR count). The first-order valence-electron chi connectivity index (χ1n) is 5.14. The van der Waals surface area contributed by atoms with Crippen molar-refractivity contribution in [1.29, 1.82) is 0 Å². The summed E-state index contributed by atoms with van der Waals surface area (Å²) in [5.74, 6) is -0.111. The van der Waals surface area contributed by atoms with Gasteiger partial charge in [0, 0.05) is 13.0 Å². The highest BCUT2D eigenvalue weighted by Gasteiger charge is 2.25. The van der Waals surface area contributed by atoms with E-state index >= 15 is 0 Å². The topological polar surface area (TPSA) is 37.4 Å². The molecule has 0 radical (unpaired) electrons. The number of carbonyl (C=O) groups excluding carboxylic acids is 2. The molecule has 0 saturated carbocycles. The van der Waals surface area contributed by atoms with Crippen molar-refractivity contribution in [2.45, 2.75) is 19.3 Å². The predicted molar refractivity (Wildman–Crippen MR) is 56.1 cm³/mol. The van der Waals surface area contributed by atoms with E-state index in [4.69, 9.17) is 0 Å². The summed E-state index contributed by atoms with van der Waals surface area (Å²) in [5.41, 5.74) is 0.960. The minimum absolute atomic E-state index is 0.0315. The summed E-state index contributed by atoms with van der Waals surface area (Å²) in [5, 5.41) is 0. The molecule has 1 heterocycles. The minimum atomic E-state index is -0.0799. The molecule has 1 aliphatic rings. The van der Waals surface area contributed by atoms with Crippen LogP contribution in [0.4, 0.5) is 0 Å². The molecule has 15 heavy (non-hydrogen) atoms. The molecular weight excluding hydrogens is 190 g/mol. The fourth-order valence-corrected chi connectivity index (χ4v) is 1.78. The van der Waals surface area contributed by atoms with Gasteiger partial charge in [-0.15, -0.1) is 0 Å². The monoisotopic (exact) mass is 203 g/mol. The average molecular weight is 203 g/mol. The van der Waals surface area contributed by atoms with E-state index in [0.717, 1.165) is 12.0 Å². The number of hydrogen-bond acceptors (Lipinski definition) is 2. The summed E-state index contributed by atoms with van der Waals surface area (Å²) in [4.78, 5) is 24.4. The maximum atomic E-state index is 11.7. The van der Waals surface area contributed by atoms with Crippen LogP contribution in [0.25, 0.3) is 0 Å². The normalized spacial score (nSPS) is 15.7. The fourth-order valence-electron chi connectivity index (χ4n) is 1.78. The van der Waals surface area contributed by atoms with Gasteiger partial charge in [0.15, 0.2) is 0 Å². The van der Waals surface area contributed by atoms with Crippen LogP contribution in [0.5, 0.6) is 0 Å². The lowest BCUT2D eigenvalue weighted by molar-refractivity contribution is -0.141. The molecule has 0 bridgehead atoms.